The number of fused-ring (bicyclic) bond motifs is 1. The Labute approximate surface area is 212 Å². The van der Waals surface area contributed by atoms with E-state index in [0.29, 0.717) is 13.2 Å². The molecule has 7 nitrogen and oxygen atoms in total. The SMILES string of the molecule is CCOc1ccc(CC(=O)N[C@@H](C)C(=O)N[C@@H]2CN(C)c3ccccc3C(c3ccccc3)=N2)cc1. The molecule has 2 amide bonds. The number of ether oxygens (including phenoxy) is 1. The standard InChI is InChI=1S/C29H32N4O3/c1-4-36-23-16-14-21(15-17-23)18-27(34)30-20(2)29(35)32-26-19-33(3)25-13-9-8-12-24(25)28(31-26)22-10-6-5-7-11-22/h5-17,20,26H,4,18-19H2,1-3H3,(H,30,34)(H,32,35)/t20-,26+/m0/s1. The Hall–Kier alpha value is -4.13. The lowest BCUT2D eigenvalue weighted by Crippen LogP contribution is -2.50. The third-order valence-corrected chi connectivity index (χ3v) is 6.03. The average Bonchev–Trinajstić information content (AvgIpc) is 3.02. The number of nitrogens with one attached hydrogen (secondary N) is 2. The van der Waals surface area contributed by atoms with Crippen LogP contribution in [0.4, 0.5) is 5.69 Å². The van der Waals surface area contributed by atoms with E-state index in [2.05, 4.69) is 21.6 Å². The molecule has 1 aliphatic rings. The van der Waals surface area contributed by atoms with Crippen molar-refractivity contribution in [2.24, 2.45) is 4.99 Å². The molecule has 2 N–H and O–H groups in total. The third-order valence-electron chi connectivity index (χ3n) is 6.03. The maximum absolute atomic E-state index is 13.0. The number of likely N-dealkylation sites (N-methyl/N-ethyl adjacent to an activating group) is 1. The number of amides is 2. The van der Waals surface area contributed by atoms with Gasteiger partial charge in [-0.15, -0.1) is 0 Å². The maximum Gasteiger partial charge on any atom is 0.243 e. The molecule has 7 heteroatoms. The molecule has 0 spiro atoms. The van der Waals surface area contributed by atoms with Crippen molar-refractivity contribution in [3.05, 3.63) is 95.6 Å². The highest BCUT2D eigenvalue weighted by atomic mass is 16.5. The highest BCUT2D eigenvalue weighted by molar-refractivity contribution is 6.16. The summed E-state index contributed by atoms with van der Waals surface area (Å²) in [5.41, 5.74) is 4.72. The van der Waals surface area contributed by atoms with Gasteiger partial charge in [0.2, 0.25) is 11.8 Å². The van der Waals surface area contributed by atoms with Crippen LogP contribution in [0.5, 0.6) is 5.75 Å². The fourth-order valence-electron chi connectivity index (χ4n) is 4.24. The topological polar surface area (TPSA) is 83.0 Å². The van der Waals surface area contributed by atoms with Crippen LogP contribution in [-0.2, 0) is 16.0 Å². The molecule has 186 valence electrons. The van der Waals surface area contributed by atoms with Gasteiger partial charge in [-0.25, -0.2) is 0 Å². The van der Waals surface area contributed by atoms with E-state index < -0.39 is 12.2 Å². The molecule has 0 aromatic heterocycles. The van der Waals surface area contributed by atoms with E-state index in [-0.39, 0.29) is 18.2 Å². The number of hydrogen-bond donors (Lipinski definition) is 2. The molecule has 0 bridgehead atoms. The first-order chi connectivity index (χ1) is 17.4. The largest absolute Gasteiger partial charge is 0.494 e. The van der Waals surface area contributed by atoms with Crippen molar-refractivity contribution in [1.29, 1.82) is 0 Å². The lowest BCUT2D eigenvalue weighted by atomic mass is 10.0. The van der Waals surface area contributed by atoms with Crippen molar-refractivity contribution < 1.29 is 14.3 Å². The predicted octanol–water partition coefficient (Wildman–Crippen LogP) is 3.56. The maximum atomic E-state index is 13.0. The molecule has 2 atom stereocenters. The number of para-hydroxylation sites is 1. The Morgan fingerprint density at radius 1 is 1.03 bits per heavy atom. The number of carbonyl (C=O) groups excluding carboxylic acids is 2. The number of rotatable bonds is 8. The van der Waals surface area contributed by atoms with Gasteiger partial charge in [-0.3, -0.25) is 14.6 Å². The second-order valence-electron chi connectivity index (χ2n) is 8.81. The van der Waals surface area contributed by atoms with Gasteiger partial charge in [-0.05, 0) is 37.6 Å². The van der Waals surface area contributed by atoms with Crippen molar-refractivity contribution in [3.8, 4) is 5.75 Å². The van der Waals surface area contributed by atoms with Gasteiger partial charge in [0.1, 0.15) is 18.0 Å². The minimum absolute atomic E-state index is 0.182. The third kappa shape index (κ3) is 6.10. The van der Waals surface area contributed by atoms with Gasteiger partial charge in [0, 0.05) is 23.9 Å². The van der Waals surface area contributed by atoms with E-state index in [9.17, 15) is 9.59 Å². The molecule has 1 aliphatic heterocycles. The van der Waals surface area contributed by atoms with Crippen LogP contribution in [0.15, 0.2) is 83.9 Å². The van der Waals surface area contributed by atoms with E-state index in [0.717, 1.165) is 33.8 Å². The molecular formula is C29H32N4O3. The molecule has 0 fully saturated rings. The Morgan fingerprint density at radius 2 is 1.72 bits per heavy atom. The first-order valence-corrected chi connectivity index (χ1v) is 12.2. The summed E-state index contributed by atoms with van der Waals surface area (Å²) in [6.07, 6.45) is -0.294. The smallest absolute Gasteiger partial charge is 0.243 e. The lowest BCUT2D eigenvalue weighted by molar-refractivity contribution is -0.128. The fraction of sp³-hybridized carbons (Fsp3) is 0.276. The van der Waals surface area contributed by atoms with Crippen LogP contribution in [0, 0.1) is 0 Å². The zero-order chi connectivity index (χ0) is 25.5. The first-order valence-electron chi connectivity index (χ1n) is 12.2. The number of aliphatic imine (C=N–C) groups is 1. The number of benzodiazepines with no additional fused rings is 1. The van der Waals surface area contributed by atoms with Crippen molar-refractivity contribution >= 4 is 23.2 Å². The minimum Gasteiger partial charge on any atom is -0.494 e. The van der Waals surface area contributed by atoms with Gasteiger partial charge in [0.15, 0.2) is 0 Å². The number of nitrogens with zero attached hydrogens (tertiary/aromatic N) is 2. The highest BCUT2D eigenvalue weighted by Crippen LogP contribution is 2.26. The van der Waals surface area contributed by atoms with Crippen molar-refractivity contribution in [2.75, 3.05) is 25.1 Å². The van der Waals surface area contributed by atoms with E-state index in [1.165, 1.54) is 0 Å². The van der Waals surface area contributed by atoms with Gasteiger partial charge in [0.05, 0.1) is 25.3 Å². The van der Waals surface area contributed by atoms with Crippen LogP contribution >= 0.6 is 0 Å². The molecule has 1 heterocycles. The average molecular weight is 485 g/mol. The molecule has 3 aromatic rings. The minimum atomic E-state index is -0.702. The van der Waals surface area contributed by atoms with Gasteiger partial charge >= 0.3 is 0 Å². The number of hydrogen-bond acceptors (Lipinski definition) is 5. The van der Waals surface area contributed by atoms with Gasteiger partial charge in [-0.2, -0.15) is 0 Å². The molecule has 0 saturated heterocycles. The second kappa shape index (κ2) is 11.5. The normalized spacial score (nSPS) is 15.7. The molecular weight excluding hydrogens is 452 g/mol. The summed E-state index contributed by atoms with van der Waals surface area (Å²) >= 11 is 0. The van der Waals surface area contributed by atoms with Crippen LogP contribution in [-0.4, -0.2) is 49.9 Å². The van der Waals surface area contributed by atoms with Crippen molar-refractivity contribution in [3.63, 3.8) is 0 Å². The summed E-state index contributed by atoms with van der Waals surface area (Å²) in [5, 5.41) is 5.82. The van der Waals surface area contributed by atoms with E-state index in [4.69, 9.17) is 9.73 Å². The molecule has 0 saturated carbocycles. The van der Waals surface area contributed by atoms with Crippen LogP contribution in [0.25, 0.3) is 0 Å². The summed E-state index contributed by atoms with van der Waals surface area (Å²) in [5.74, 6) is 0.261. The van der Waals surface area contributed by atoms with E-state index >= 15 is 0 Å². The van der Waals surface area contributed by atoms with E-state index in [1.54, 1.807) is 6.92 Å². The summed E-state index contributed by atoms with van der Waals surface area (Å²) in [4.78, 5) is 32.6. The summed E-state index contributed by atoms with van der Waals surface area (Å²) in [7, 11) is 1.99. The van der Waals surface area contributed by atoms with Crippen LogP contribution < -0.4 is 20.3 Å². The zero-order valence-electron chi connectivity index (χ0n) is 20.9. The zero-order valence-corrected chi connectivity index (χ0v) is 20.9. The Balaban J connectivity index is 1.44. The van der Waals surface area contributed by atoms with Crippen LogP contribution in [0.2, 0.25) is 0 Å². The monoisotopic (exact) mass is 484 g/mol. The Bertz CT molecular complexity index is 1220. The number of benzene rings is 3. The fourth-order valence-corrected chi connectivity index (χ4v) is 4.24. The number of carbonyl (C=O) groups is 2. The van der Waals surface area contributed by atoms with Gasteiger partial charge in [-0.1, -0.05) is 60.7 Å². The predicted molar refractivity (Wildman–Crippen MR) is 143 cm³/mol. The van der Waals surface area contributed by atoms with Crippen LogP contribution in [0.1, 0.15) is 30.5 Å². The van der Waals surface area contributed by atoms with Crippen molar-refractivity contribution in [2.45, 2.75) is 32.5 Å². The molecule has 4 rings (SSSR count). The molecule has 36 heavy (non-hydrogen) atoms. The van der Waals surface area contributed by atoms with Crippen molar-refractivity contribution in [1.82, 2.24) is 10.6 Å². The summed E-state index contributed by atoms with van der Waals surface area (Å²) < 4.78 is 5.44. The first kappa shape index (κ1) is 25.0. The highest BCUT2D eigenvalue weighted by Gasteiger charge is 2.25. The van der Waals surface area contributed by atoms with Gasteiger partial charge < -0.3 is 20.3 Å². The summed E-state index contributed by atoms with van der Waals surface area (Å²) in [6, 6.07) is 24.7. The molecule has 0 radical (unpaired) electrons. The summed E-state index contributed by atoms with van der Waals surface area (Å²) in [6.45, 7) is 4.70. The van der Waals surface area contributed by atoms with Crippen LogP contribution in [0.3, 0.4) is 0 Å². The van der Waals surface area contributed by atoms with E-state index in [1.807, 2.05) is 86.8 Å². The second-order valence-corrected chi connectivity index (χ2v) is 8.81. The molecule has 3 aromatic carbocycles. The quantitative estimate of drug-likeness (QED) is 0.512. The van der Waals surface area contributed by atoms with Gasteiger partial charge in [0.25, 0.3) is 0 Å². The lowest BCUT2D eigenvalue weighted by Gasteiger charge is -2.24. The number of anilines is 1. The Morgan fingerprint density at radius 3 is 2.44 bits per heavy atom. The molecule has 0 aliphatic carbocycles. The molecule has 0 unspecified atom stereocenters. The Kier molecular flexibility index (Phi) is 8.00.